The van der Waals surface area contributed by atoms with Crippen LogP contribution in [0.4, 0.5) is 0 Å². The molecule has 1 amide bonds. The monoisotopic (exact) mass is 498 g/mol. The van der Waals surface area contributed by atoms with Gasteiger partial charge in [0.25, 0.3) is 5.56 Å². The van der Waals surface area contributed by atoms with Gasteiger partial charge in [0.05, 0.1) is 29.5 Å². The first-order valence-corrected chi connectivity index (χ1v) is 12.8. The van der Waals surface area contributed by atoms with E-state index in [0.29, 0.717) is 26.8 Å². The molecule has 2 unspecified atom stereocenters. The second-order valence-corrected chi connectivity index (χ2v) is 11.0. The number of nitriles is 1. The van der Waals surface area contributed by atoms with Gasteiger partial charge in [-0.2, -0.15) is 5.26 Å². The van der Waals surface area contributed by atoms with Gasteiger partial charge in [0.1, 0.15) is 16.1 Å². The van der Waals surface area contributed by atoms with Crippen molar-refractivity contribution in [3.8, 4) is 17.5 Å². The number of rotatable bonds is 8. The van der Waals surface area contributed by atoms with E-state index >= 15 is 0 Å². The van der Waals surface area contributed by atoms with E-state index in [1.807, 2.05) is 39.0 Å². The van der Waals surface area contributed by atoms with Gasteiger partial charge in [-0.3, -0.25) is 14.2 Å². The number of amides is 1. The van der Waals surface area contributed by atoms with Crippen LogP contribution in [0.15, 0.2) is 34.2 Å². The number of aryl methyl sites for hydroxylation is 2. The van der Waals surface area contributed by atoms with E-state index in [1.165, 1.54) is 23.1 Å². The van der Waals surface area contributed by atoms with Gasteiger partial charge in [-0.1, -0.05) is 38.6 Å². The van der Waals surface area contributed by atoms with Crippen molar-refractivity contribution < 1.29 is 9.53 Å². The molecular weight excluding hydrogens is 468 g/mol. The number of aromatic nitrogens is 2. The van der Waals surface area contributed by atoms with Gasteiger partial charge in [-0.05, 0) is 50.8 Å². The molecule has 2 atom stereocenters. The fourth-order valence-electron chi connectivity index (χ4n) is 3.47. The maximum atomic E-state index is 13.7. The molecule has 34 heavy (non-hydrogen) atoms. The number of ether oxygens (including phenoxy) is 1. The highest BCUT2D eigenvalue weighted by atomic mass is 32.2. The SMILES string of the molecule is CCc1sc2nc(SC(C)C(=O)NC(C)(C#N)C(C)C)n(-c3cccc(OC)c3)c(=O)c2c1C. The molecular formula is C25H30N4O3S2. The molecule has 0 aliphatic heterocycles. The van der Waals surface area contributed by atoms with Gasteiger partial charge in [-0.15, -0.1) is 11.3 Å². The number of thioether (sulfide) groups is 1. The fraction of sp³-hybridized carbons (Fsp3) is 0.440. The van der Waals surface area contributed by atoms with Crippen LogP contribution in [0.5, 0.6) is 5.75 Å². The summed E-state index contributed by atoms with van der Waals surface area (Å²) in [6.45, 7) is 11.3. The van der Waals surface area contributed by atoms with Crippen LogP contribution >= 0.6 is 23.1 Å². The highest BCUT2D eigenvalue weighted by molar-refractivity contribution is 8.00. The fourth-order valence-corrected chi connectivity index (χ4v) is 5.56. The Labute approximate surface area is 208 Å². The molecule has 3 rings (SSSR count). The second kappa shape index (κ2) is 10.2. The number of nitrogens with one attached hydrogen (secondary N) is 1. The molecule has 1 N–H and O–H groups in total. The molecule has 0 aliphatic carbocycles. The standard InChI is InChI=1S/C25H30N4O3S2/c1-8-19-15(4)20-22(34-19)27-24(29(23(20)31)17-10-9-11-18(12-17)32-7)33-16(5)21(30)28-25(6,13-26)14(2)3/h9-12,14,16H,8H2,1-7H3,(H,28,30). The van der Waals surface area contributed by atoms with Gasteiger partial charge in [0.15, 0.2) is 5.16 Å². The molecule has 0 radical (unpaired) electrons. The van der Waals surface area contributed by atoms with Crippen LogP contribution in [0.25, 0.3) is 15.9 Å². The number of benzene rings is 1. The van der Waals surface area contributed by atoms with Crippen molar-refractivity contribution in [2.45, 2.75) is 63.9 Å². The van der Waals surface area contributed by atoms with Gasteiger partial charge >= 0.3 is 0 Å². The van der Waals surface area contributed by atoms with E-state index in [2.05, 4.69) is 18.3 Å². The molecule has 2 aromatic heterocycles. The molecule has 0 saturated heterocycles. The smallest absolute Gasteiger partial charge is 0.267 e. The number of methoxy groups -OCH3 is 1. The quantitative estimate of drug-likeness (QED) is 0.352. The van der Waals surface area contributed by atoms with Crippen molar-refractivity contribution in [1.29, 1.82) is 5.26 Å². The first-order chi connectivity index (χ1) is 16.1. The molecule has 7 nitrogen and oxygen atoms in total. The van der Waals surface area contributed by atoms with Crippen LogP contribution in [-0.2, 0) is 11.2 Å². The average Bonchev–Trinajstić information content (AvgIpc) is 3.14. The summed E-state index contributed by atoms with van der Waals surface area (Å²) in [4.78, 5) is 33.4. The summed E-state index contributed by atoms with van der Waals surface area (Å²) in [5.41, 5.74) is 0.393. The number of carbonyl (C=O) groups excluding carboxylic acids is 1. The summed E-state index contributed by atoms with van der Waals surface area (Å²) < 4.78 is 6.91. The van der Waals surface area contributed by atoms with Crippen molar-refractivity contribution in [3.63, 3.8) is 0 Å². The summed E-state index contributed by atoms with van der Waals surface area (Å²) >= 11 is 2.71. The number of nitrogens with zero attached hydrogens (tertiary/aromatic N) is 3. The van der Waals surface area contributed by atoms with E-state index in [9.17, 15) is 14.9 Å². The average molecular weight is 499 g/mol. The van der Waals surface area contributed by atoms with E-state index in [-0.39, 0.29) is 17.4 Å². The minimum atomic E-state index is -0.989. The zero-order valence-electron chi connectivity index (χ0n) is 20.6. The van der Waals surface area contributed by atoms with Crippen LogP contribution in [-0.4, -0.2) is 33.4 Å². The molecule has 0 saturated carbocycles. The third-order valence-corrected chi connectivity index (χ3v) is 8.47. The topological polar surface area (TPSA) is 97.0 Å². The lowest BCUT2D eigenvalue weighted by Gasteiger charge is -2.28. The lowest BCUT2D eigenvalue weighted by molar-refractivity contribution is -0.121. The Morgan fingerprint density at radius 2 is 2.09 bits per heavy atom. The summed E-state index contributed by atoms with van der Waals surface area (Å²) in [6.07, 6.45) is 0.814. The van der Waals surface area contributed by atoms with Crippen molar-refractivity contribution >= 4 is 39.2 Å². The van der Waals surface area contributed by atoms with Crippen molar-refractivity contribution in [1.82, 2.24) is 14.9 Å². The molecule has 0 fully saturated rings. The highest BCUT2D eigenvalue weighted by Gasteiger charge is 2.32. The highest BCUT2D eigenvalue weighted by Crippen LogP contribution is 2.32. The Hall–Kier alpha value is -2.83. The minimum Gasteiger partial charge on any atom is -0.497 e. The normalized spacial score (nSPS) is 14.0. The zero-order chi connectivity index (χ0) is 25.2. The number of hydrogen-bond acceptors (Lipinski definition) is 7. The maximum absolute atomic E-state index is 13.7. The predicted octanol–water partition coefficient (Wildman–Crippen LogP) is 4.86. The van der Waals surface area contributed by atoms with Crippen molar-refractivity contribution in [2.75, 3.05) is 7.11 Å². The van der Waals surface area contributed by atoms with Crippen LogP contribution in [0, 0.1) is 24.2 Å². The first kappa shape index (κ1) is 25.8. The Morgan fingerprint density at radius 3 is 2.68 bits per heavy atom. The lowest BCUT2D eigenvalue weighted by atomic mass is 9.90. The van der Waals surface area contributed by atoms with Crippen molar-refractivity contribution in [2.24, 2.45) is 5.92 Å². The number of carbonyl (C=O) groups is 1. The van der Waals surface area contributed by atoms with Crippen LogP contribution in [0.1, 0.15) is 45.1 Å². The van der Waals surface area contributed by atoms with E-state index in [1.54, 1.807) is 31.6 Å². The summed E-state index contributed by atoms with van der Waals surface area (Å²) in [5.74, 6) is 0.264. The Kier molecular flexibility index (Phi) is 7.74. The number of fused-ring (bicyclic) bond motifs is 1. The molecule has 0 aliphatic rings. The zero-order valence-corrected chi connectivity index (χ0v) is 22.2. The number of thiophene rings is 1. The molecule has 0 bridgehead atoms. The minimum absolute atomic E-state index is 0.0651. The molecule has 3 aromatic rings. The summed E-state index contributed by atoms with van der Waals surface area (Å²) in [7, 11) is 1.57. The van der Waals surface area contributed by atoms with Crippen LogP contribution in [0.2, 0.25) is 0 Å². The van der Waals surface area contributed by atoms with Gasteiger partial charge < -0.3 is 10.1 Å². The Morgan fingerprint density at radius 1 is 1.38 bits per heavy atom. The van der Waals surface area contributed by atoms with E-state index in [4.69, 9.17) is 9.72 Å². The molecule has 0 spiro atoms. The van der Waals surface area contributed by atoms with E-state index < -0.39 is 10.8 Å². The molecule has 9 heteroatoms. The van der Waals surface area contributed by atoms with Crippen LogP contribution in [0.3, 0.4) is 0 Å². The Balaban J connectivity index is 2.13. The second-order valence-electron chi connectivity index (χ2n) is 8.64. The molecule has 1 aromatic carbocycles. The molecule has 180 valence electrons. The third kappa shape index (κ3) is 4.84. The van der Waals surface area contributed by atoms with Gasteiger partial charge in [0.2, 0.25) is 5.91 Å². The van der Waals surface area contributed by atoms with Crippen molar-refractivity contribution in [3.05, 3.63) is 45.1 Å². The largest absolute Gasteiger partial charge is 0.497 e. The summed E-state index contributed by atoms with van der Waals surface area (Å²) in [5, 5.41) is 12.9. The first-order valence-electron chi connectivity index (χ1n) is 11.2. The lowest BCUT2D eigenvalue weighted by Crippen LogP contribution is -2.51. The third-order valence-electron chi connectivity index (χ3n) is 6.09. The Bertz CT molecular complexity index is 1320. The maximum Gasteiger partial charge on any atom is 0.267 e. The number of hydrogen-bond donors (Lipinski definition) is 1. The van der Waals surface area contributed by atoms with E-state index in [0.717, 1.165) is 16.9 Å². The molecule has 2 heterocycles. The van der Waals surface area contributed by atoms with Gasteiger partial charge in [-0.25, -0.2) is 4.98 Å². The predicted molar refractivity (Wildman–Crippen MR) is 138 cm³/mol. The van der Waals surface area contributed by atoms with Crippen LogP contribution < -0.4 is 15.6 Å². The summed E-state index contributed by atoms with van der Waals surface area (Å²) in [6, 6.07) is 9.42. The van der Waals surface area contributed by atoms with Gasteiger partial charge in [0, 0.05) is 10.9 Å².